The summed E-state index contributed by atoms with van der Waals surface area (Å²) in [7, 11) is 0. The highest BCUT2D eigenvalue weighted by Gasteiger charge is 2.16. The van der Waals surface area contributed by atoms with Gasteiger partial charge in [0.25, 0.3) is 5.91 Å². The summed E-state index contributed by atoms with van der Waals surface area (Å²) in [5.41, 5.74) is 0.960. The standard InChI is InChI=1S/C16H9N3O4/c20-15(17-11-5-3-6-12-14(11)19-23-18-12)10-8-9-4-1-2-7-13(9)22-16(10)21/h1-8H,(H,17,20). The van der Waals surface area contributed by atoms with E-state index in [1.54, 1.807) is 42.5 Å². The topological polar surface area (TPSA) is 98.2 Å². The van der Waals surface area contributed by atoms with Gasteiger partial charge >= 0.3 is 5.63 Å². The van der Waals surface area contributed by atoms with Crippen LogP contribution in [0.4, 0.5) is 5.69 Å². The smallest absolute Gasteiger partial charge is 0.349 e. The van der Waals surface area contributed by atoms with Crippen LogP contribution in [0.1, 0.15) is 10.4 Å². The van der Waals surface area contributed by atoms with Crippen LogP contribution in [0.2, 0.25) is 0 Å². The average Bonchev–Trinajstić information content (AvgIpc) is 3.04. The van der Waals surface area contributed by atoms with Crippen LogP contribution in [0.3, 0.4) is 0 Å². The van der Waals surface area contributed by atoms with Gasteiger partial charge in [-0.25, -0.2) is 9.42 Å². The number of anilines is 1. The maximum Gasteiger partial charge on any atom is 0.349 e. The van der Waals surface area contributed by atoms with Crippen LogP contribution in [0.15, 0.2) is 62.4 Å². The van der Waals surface area contributed by atoms with Crippen molar-refractivity contribution in [2.75, 3.05) is 5.32 Å². The number of rotatable bonds is 2. The van der Waals surface area contributed by atoms with E-state index in [2.05, 4.69) is 20.3 Å². The summed E-state index contributed by atoms with van der Waals surface area (Å²) in [5, 5.41) is 10.7. The Morgan fingerprint density at radius 1 is 1.04 bits per heavy atom. The molecule has 4 rings (SSSR count). The molecule has 4 aromatic rings. The summed E-state index contributed by atoms with van der Waals surface area (Å²) in [6, 6.07) is 13.5. The van der Waals surface area contributed by atoms with E-state index in [4.69, 9.17) is 4.42 Å². The molecule has 2 heterocycles. The van der Waals surface area contributed by atoms with Gasteiger partial charge in [0, 0.05) is 5.39 Å². The highest BCUT2D eigenvalue weighted by Crippen LogP contribution is 2.20. The van der Waals surface area contributed by atoms with E-state index in [-0.39, 0.29) is 5.56 Å². The second-order valence-electron chi connectivity index (χ2n) is 4.88. The molecule has 0 atom stereocenters. The van der Waals surface area contributed by atoms with E-state index in [0.29, 0.717) is 27.7 Å². The molecule has 7 nitrogen and oxygen atoms in total. The van der Waals surface area contributed by atoms with Crippen molar-refractivity contribution in [3.05, 3.63) is 64.5 Å². The number of para-hydroxylation sites is 1. The first-order chi connectivity index (χ1) is 11.2. The number of carbonyl (C=O) groups is 1. The zero-order valence-corrected chi connectivity index (χ0v) is 11.6. The molecule has 23 heavy (non-hydrogen) atoms. The maximum absolute atomic E-state index is 12.4. The van der Waals surface area contributed by atoms with Crippen LogP contribution in [-0.4, -0.2) is 16.2 Å². The van der Waals surface area contributed by atoms with Gasteiger partial charge in [0.1, 0.15) is 16.7 Å². The number of amides is 1. The normalized spacial score (nSPS) is 11.0. The van der Waals surface area contributed by atoms with E-state index in [9.17, 15) is 9.59 Å². The van der Waals surface area contributed by atoms with Gasteiger partial charge in [0.2, 0.25) is 0 Å². The van der Waals surface area contributed by atoms with Gasteiger partial charge in [-0.2, -0.15) is 0 Å². The molecule has 2 aromatic heterocycles. The van der Waals surface area contributed by atoms with Gasteiger partial charge in [-0.1, -0.05) is 24.3 Å². The quantitative estimate of drug-likeness (QED) is 0.571. The summed E-state index contributed by atoms with van der Waals surface area (Å²) >= 11 is 0. The molecule has 0 saturated heterocycles. The van der Waals surface area contributed by atoms with Gasteiger partial charge in [-0.15, -0.1) is 0 Å². The van der Waals surface area contributed by atoms with Crippen molar-refractivity contribution in [1.82, 2.24) is 10.3 Å². The van der Waals surface area contributed by atoms with Crippen molar-refractivity contribution in [1.29, 1.82) is 0 Å². The Kier molecular flexibility index (Phi) is 2.90. The van der Waals surface area contributed by atoms with E-state index < -0.39 is 11.5 Å². The lowest BCUT2D eigenvalue weighted by molar-refractivity contribution is 0.102. The van der Waals surface area contributed by atoms with Gasteiger partial charge in [0.15, 0.2) is 5.52 Å². The first kappa shape index (κ1) is 13.2. The zero-order chi connectivity index (χ0) is 15.8. The maximum atomic E-state index is 12.4. The Morgan fingerprint density at radius 2 is 1.91 bits per heavy atom. The fourth-order valence-corrected chi connectivity index (χ4v) is 2.32. The van der Waals surface area contributed by atoms with E-state index in [1.807, 2.05) is 0 Å². The Morgan fingerprint density at radius 3 is 2.83 bits per heavy atom. The third-order valence-corrected chi connectivity index (χ3v) is 3.42. The monoisotopic (exact) mass is 307 g/mol. The summed E-state index contributed by atoms with van der Waals surface area (Å²) in [4.78, 5) is 24.4. The van der Waals surface area contributed by atoms with Crippen molar-refractivity contribution >= 4 is 33.6 Å². The molecule has 0 fully saturated rings. The van der Waals surface area contributed by atoms with Crippen LogP contribution < -0.4 is 10.9 Å². The molecule has 0 unspecified atom stereocenters. The molecule has 0 saturated carbocycles. The lowest BCUT2D eigenvalue weighted by atomic mass is 10.1. The molecule has 0 aliphatic carbocycles. The zero-order valence-electron chi connectivity index (χ0n) is 11.6. The molecular formula is C16H9N3O4. The first-order valence-corrected chi connectivity index (χ1v) is 6.78. The van der Waals surface area contributed by atoms with Crippen molar-refractivity contribution in [2.24, 2.45) is 0 Å². The third-order valence-electron chi connectivity index (χ3n) is 3.42. The summed E-state index contributed by atoms with van der Waals surface area (Å²) in [6.45, 7) is 0. The number of benzene rings is 2. The number of hydrogen-bond acceptors (Lipinski definition) is 6. The van der Waals surface area contributed by atoms with Crippen LogP contribution in [0.5, 0.6) is 0 Å². The van der Waals surface area contributed by atoms with Crippen molar-refractivity contribution < 1.29 is 13.8 Å². The van der Waals surface area contributed by atoms with Crippen LogP contribution >= 0.6 is 0 Å². The minimum Gasteiger partial charge on any atom is -0.422 e. The summed E-state index contributed by atoms with van der Waals surface area (Å²) in [6.07, 6.45) is 0. The highest BCUT2D eigenvalue weighted by molar-refractivity contribution is 6.08. The Hall–Kier alpha value is -3.48. The van der Waals surface area contributed by atoms with Gasteiger partial charge < -0.3 is 9.73 Å². The van der Waals surface area contributed by atoms with E-state index in [1.165, 1.54) is 6.07 Å². The molecule has 0 radical (unpaired) electrons. The van der Waals surface area contributed by atoms with E-state index in [0.717, 1.165) is 0 Å². The fraction of sp³-hybridized carbons (Fsp3) is 0. The number of nitrogens with one attached hydrogen (secondary N) is 1. The second kappa shape index (κ2) is 5.06. The highest BCUT2D eigenvalue weighted by atomic mass is 16.6. The van der Waals surface area contributed by atoms with Crippen molar-refractivity contribution in [3.8, 4) is 0 Å². The number of fused-ring (bicyclic) bond motifs is 2. The molecular weight excluding hydrogens is 298 g/mol. The molecule has 0 aliphatic rings. The molecule has 1 amide bonds. The Bertz CT molecular complexity index is 1100. The fourth-order valence-electron chi connectivity index (χ4n) is 2.32. The van der Waals surface area contributed by atoms with Gasteiger partial charge in [-0.05, 0) is 34.6 Å². The average molecular weight is 307 g/mol. The molecule has 0 bridgehead atoms. The number of nitrogens with zero attached hydrogens (tertiary/aromatic N) is 2. The number of hydrogen-bond donors (Lipinski definition) is 1. The second-order valence-corrected chi connectivity index (χ2v) is 4.88. The van der Waals surface area contributed by atoms with Crippen molar-refractivity contribution in [2.45, 2.75) is 0 Å². The Labute approximate surface area is 128 Å². The molecule has 0 spiro atoms. The number of aromatic nitrogens is 2. The predicted molar refractivity (Wildman–Crippen MR) is 82.2 cm³/mol. The lowest BCUT2D eigenvalue weighted by Crippen LogP contribution is -2.20. The lowest BCUT2D eigenvalue weighted by Gasteiger charge is -2.05. The molecule has 2 aromatic carbocycles. The summed E-state index contributed by atoms with van der Waals surface area (Å²) < 4.78 is 9.80. The molecule has 112 valence electrons. The van der Waals surface area contributed by atoms with Crippen LogP contribution in [-0.2, 0) is 0 Å². The van der Waals surface area contributed by atoms with Crippen LogP contribution in [0, 0.1) is 0 Å². The minimum atomic E-state index is -0.702. The molecule has 0 aliphatic heterocycles. The first-order valence-electron chi connectivity index (χ1n) is 6.78. The van der Waals surface area contributed by atoms with Gasteiger partial charge in [0.05, 0.1) is 5.69 Å². The van der Waals surface area contributed by atoms with Crippen molar-refractivity contribution in [3.63, 3.8) is 0 Å². The third kappa shape index (κ3) is 2.24. The van der Waals surface area contributed by atoms with Crippen LogP contribution in [0.25, 0.3) is 22.0 Å². The predicted octanol–water partition coefficient (Wildman–Crippen LogP) is 2.58. The molecule has 7 heteroatoms. The number of carbonyl (C=O) groups excluding carboxylic acids is 1. The van der Waals surface area contributed by atoms with E-state index >= 15 is 0 Å². The SMILES string of the molecule is O=C(Nc1cccc2nonc12)c1cc2ccccc2oc1=O. The largest absolute Gasteiger partial charge is 0.422 e. The minimum absolute atomic E-state index is 0.0860. The van der Waals surface area contributed by atoms with Gasteiger partial charge in [-0.3, -0.25) is 4.79 Å². The molecule has 1 N–H and O–H groups in total. The summed E-state index contributed by atoms with van der Waals surface area (Å²) in [5.74, 6) is -0.583. The Balaban J connectivity index is 1.76.